The number of nitrogens with two attached hydrogens (primary N) is 1. The van der Waals surface area contributed by atoms with Gasteiger partial charge in [-0.25, -0.2) is 13.8 Å². The second-order valence-corrected chi connectivity index (χ2v) is 8.28. The van der Waals surface area contributed by atoms with Crippen LogP contribution in [0.25, 0.3) is 11.1 Å². The molecule has 1 aliphatic carbocycles. The highest BCUT2D eigenvalue weighted by Crippen LogP contribution is 2.44. The Hall–Kier alpha value is -2.87. The first-order valence-electron chi connectivity index (χ1n) is 9.19. The van der Waals surface area contributed by atoms with Crippen LogP contribution in [-0.2, 0) is 13.0 Å². The molecule has 4 nitrogen and oxygen atoms in total. The Morgan fingerprint density at radius 3 is 2.79 bits per heavy atom. The van der Waals surface area contributed by atoms with Gasteiger partial charge in [0, 0.05) is 36.7 Å². The second kappa shape index (κ2) is 7.51. The number of hydrogen-bond donors (Lipinski definition) is 2. The third-order valence-corrected chi connectivity index (χ3v) is 6.06. The third-order valence-electron chi connectivity index (χ3n) is 5.19. The molecule has 3 aromatic rings. The molecule has 0 radical (unpaired) electrons. The van der Waals surface area contributed by atoms with Crippen molar-refractivity contribution < 1.29 is 13.2 Å². The van der Waals surface area contributed by atoms with Gasteiger partial charge in [-0.1, -0.05) is 17.9 Å². The summed E-state index contributed by atoms with van der Waals surface area (Å²) in [5.74, 6) is 2.75. The Labute approximate surface area is 171 Å². The van der Waals surface area contributed by atoms with Crippen molar-refractivity contribution in [2.75, 3.05) is 5.32 Å². The highest BCUT2D eigenvalue weighted by Gasteiger charge is 2.47. The summed E-state index contributed by atoms with van der Waals surface area (Å²) in [7, 11) is 0. The Morgan fingerprint density at radius 2 is 2.17 bits per heavy atom. The molecule has 0 aromatic carbocycles. The molecule has 148 valence electrons. The predicted molar refractivity (Wildman–Crippen MR) is 111 cm³/mol. The van der Waals surface area contributed by atoms with Gasteiger partial charge >= 0.3 is 0 Å². The monoisotopic (exact) mass is 411 g/mol. The standard InChI is InChI=1S/C22H19F2N3OS/c1-3-14-8-18(26-12-15-6-5-7-29-15)21-20(27-14)16(4-2)19(28-21)9-17(25)13-10-22(23,24)11-13/h1-2,5-8,13,17H,9-12,25H2,(H,26,27)/t17-/m1/s1. The molecule has 0 aliphatic heterocycles. The van der Waals surface area contributed by atoms with E-state index in [0.717, 1.165) is 4.88 Å². The van der Waals surface area contributed by atoms with E-state index < -0.39 is 12.0 Å². The first-order valence-corrected chi connectivity index (χ1v) is 10.1. The molecule has 0 amide bonds. The highest BCUT2D eigenvalue weighted by atomic mass is 32.1. The summed E-state index contributed by atoms with van der Waals surface area (Å²) in [5, 5.41) is 5.32. The highest BCUT2D eigenvalue weighted by molar-refractivity contribution is 7.09. The summed E-state index contributed by atoms with van der Waals surface area (Å²) in [6.45, 7) is 0.596. The Morgan fingerprint density at radius 1 is 1.38 bits per heavy atom. The molecule has 4 rings (SSSR count). The smallest absolute Gasteiger partial charge is 0.248 e. The normalized spacial score (nSPS) is 16.7. The van der Waals surface area contributed by atoms with Gasteiger partial charge in [0.25, 0.3) is 0 Å². The van der Waals surface area contributed by atoms with Crippen molar-refractivity contribution in [3.05, 3.63) is 45.5 Å². The van der Waals surface area contributed by atoms with Crippen LogP contribution in [0, 0.1) is 30.6 Å². The van der Waals surface area contributed by atoms with E-state index >= 15 is 0 Å². The average Bonchev–Trinajstić information content (AvgIpc) is 3.31. The number of terminal acetylenes is 2. The minimum atomic E-state index is -2.62. The van der Waals surface area contributed by atoms with Crippen molar-refractivity contribution in [2.45, 2.75) is 37.8 Å². The molecule has 1 aliphatic rings. The van der Waals surface area contributed by atoms with Gasteiger partial charge < -0.3 is 15.5 Å². The summed E-state index contributed by atoms with van der Waals surface area (Å²) >= 11 is 1.63. The van der Waals surface area contributed by atoms with Crippen molar-refractivity contribution in [1.82, 2.24) is 4.98 Å². The zero-order valence-corrected chi connectivity index (χ0v) is 16.4. The van der Waals surface area contributed by atoms with Crippen molar-refractivity contribution >= 4 is 28.1 Å². The zero-order chi connectivity index (χ0) is 20.6. The Kier molecular flexibility index (Phi) is 5.04. The topological polar surface area (TPSA) is 64.1 Å². The molecule has 3 heterocycles. The number of anilines is 1. The molecule has 1 fully saturated rings. The van der Waals surface area contributed by atoms with E-state index in [0.29, 0.717) is 40.3 Å². The molecule has 0 bridgehead atoms. The van der Waals surface area contributed by atoms with Gasteiger partial charge in [-0.15, -0.1) is 24.2 Å². The molecular weight excluding hydrogens is 392 g/mol. The minimum absolute atomic E-state index is 0.201. The summed E-state index contributed by atoms with van der Waals surface area (Å²) in [6.07, 6.45) is 11.1. The number of aromatic nitrogens is 1. The molecular formula is C22H19F2N3OS. The maximum absolute atomic E-state index is 13.2. The summed E-state index contributed by atoms with van der Waals surface area (Å²) in [6, 6.07) is 5.27. The van der Waals surface area contributed by atoms with Crippen molar-refractivity contribution in [3.8, 4) is 24.7 Å². The van der Waals surface area contributed by atoms with Crippen molar-refractivity contribution in [2.24, 2.45) is 11.7 Å². The van der Waals surface area contributed by atoms with Gasteiger partial charge in [-0.05, 0) is 23.4 Å². The van der Waals surface area contributed by atoms with Gasteiger partial charge in [0.2, 0.25) is 5.92 Å². The number of furan rings is 1. The Bertz CT molecular complexity index is 1110. The number of alkyl halides is 2. The molecule has 0 unspecified atom stereocenters. The van der Waals surface area contributed by atoms with E-state index in [1.165, 1.54) is 0 Å². The molecule has 3 N–H and O–H groups in total. The molecule has 29 heavy (non-hydrogen) atoms. The van der Waals surface area contributed by atoms with Crippen LogP contribution in [0.4, 0.5) is 14.5 Å². The third kappa shape index (κ3) is 3.85. The van der Waals surface area contributed by atoms with Crippen molar-refractivity contribution in [1.29, 1.82) is 0 Å². The fraction of sp³-hybridized carbons (Fsp3) is 0.318. The average molecular weight is 411 g/mol. The van der Waals surface area contributed by atoms with Crippen LogP contribution in [0.15, 0.2) is 28.0 Å². The zero-order valence-electron chi connectivity index (χ0n) is 15.5. The van der Waals surface area contributed by atoms with Crippen molar-refractivity contribution in [3.63, 3.8) is 0 Å². The van der Waals surface area contributed by atoms with Gasteiger partial charge in [0.1, 0.15) is 17.0 Å². The lowest BCUT2D eigenvalue weighted by atomic mass is 9.75. The summed E-state index contributed by atoms with van der Waals surface area (Å²) in [4.78, 5) is 5.58. The van der Waals surface area contributed by atoms with Gasteiger partial charge in [0.05, 0.1) is 11.3 Å². The van der Waals surface area contributed by atoms with E-state index in [1.54, 1.807) is 17.4 Å². The van der Waals surface area contributed by atoms with Crippen LogP contribution >= 0.6 is 11.3 Å². The van der Waals surface area contributed by atoms with Gasteiger partial charge in [-0.2, -0.15) is 0 Å². The van der Waals surface area contributed by atoms with E-state index in [-0.39, 0.29) is 25.2 Å². The molecule has 3 aromatic heterocycles. The lowest BCUT2D eigenvalue weighted by Crippen LogP contribution is -2.46. The maximum Gasteiger partial charge on any atom is 0.248 e. The number of rotatable bonds is 6. The minimum Gasteiger partial charge on any atom is -0.456 e. The fourth-order valence-corrected chi connectivity index (χ4v) is 4.24. The lowest BCUT2D eigenvalue weighted by molar-refractivity contribution is -0.116. The van der Waals surface area contributed by atoms with E-state index in [9.17, 15) is 8.78 Å². The molecule has 1 atom stereocenters. The number of halogens is 2. The lowest BCUT2D eigenvalue weighted by Gasteiger charge is -2.38. The van der Waals surface area contributed by atoms with Crippen LogP contribution in [-0.4, -0.2) is 16.9 Å². The SMILES string of the molecule is C#Cc1cc(NCc2cccs2)c2oc(C[C@@H](N)C3CC(F)(F)C3)c(C#C)c2n1. The molecule has 7 heteroatoms. The van der Waals surface area contributed by atoms with E-state index in [1.807, 2.05) is 17.5 Å². The van der Waals surface area contributed by atoms with E-state index in [4.69, 9.17) is 23.0 Å². The largest absolute Gasteiger partial charge is 0.456 e. The number of fused-ring (bicyclic) bond motifs is 1. The number of nitrogens with zero attached hydrogens (tertiary/aromatic N) is 1. The van der Waals surface area contributed by atoms with Crippen LogP contribution in [0.3, 0.4) is 0 Å². The summed E-state index contributed by atoms with van der Waals surface area (Å²) < 4.78 is 32.4. The second-order valence-electron chi connectivity index (χ2n) is 7.25. The number of nitrogens with one attached hydrogen (secondary N) is 1. The predicted octanol–water partition coefficient (Wildman–Crippen LogP) is 4.38. The quantitative estimate of drug-likeness (QED) is 0.591. The maximum atomic E-state index is 13.2. The Balaban J connectivity index is 1.66. The fourth-order valence-electron chi connectivity index (χ4n) is 3.60. The summed E-state index contributed by atoms with van der Waals surface area (Å²) in [5.41, 5.74) is 8.73. The molecule has 0 spiro atoms. The van der Waals surface area contributed by atoms with Crippen LogP contribution in [0.2, 0.25) is 0 Å². The van der Waals surface area contributed by atoms with Crippen LogP contribution in [0.1, 0.15) is 34.7 Å². The first kappa shape index (κ1) is 19.4. The van der Waals surface area contributed by atoms with Crippen LogP contribution in [0.5, 0.6) is 0 Å². The number of pyridine rings is 1. The van der Waals surface area contributed by atoms with Gasteiger partial charge in [-0.3, -0.25) is 0 Å². The molecule has 0 saturated heterocycles. The van der Waals surface area contributed by atoms with Crippen LogP contribution < -0.4 is 11.1 Å². The number of thiophene rings is 1. The van der Waals surface area contributed by atoms with Gasteiger partial charge in [0.15, 0.2) is 5.58 Å². The van der Waals surface area contributed by atoms with E-state index in [2.05, 4.69) is 22.1 Å². The molecule has 1 saturated carbocycles. The number of hydrogen-bond acceptors (Lipinski definition) is 5. The first-order chi connectivity index (χ1) is 13.9.